The number of rotatable bonds is 5. The Kier molecular flexibility index (Phi) is 5.87. The monoisotopic (exact) mass is 297 g/mol. The van der Waals surface area contributed by atoms with Gasteiger partial charge in [0.1, 0.15) is 13.4 Å². The molecule has 0 spiro atoms. The number of alkyl halides is 3. The zero-order valence-corrected chi connectivity index (χ0v) is 12.6. The summed E-state index contributed by atoms with van der Waals surface area (Å²) in [6.07, 6.45) is -0.787. The van der Waals surface area contributed by atoms with Gasteiger partial charge in [0, 0.05) is 6.54 Å². The first-order valence-electron chi connectivity index (χ1n) is 7.06. The summed E-state index contributed by atoms with van der Waals surface area (Å²) in [6.45, 7) is 5.32. The largest absolute Gasteiger partial charge is 0.411 e. The van der Waals surface area contributed by atoms with Crippen molar-refractivity contribution >= 4 is 0 Å². The van der Waals surface area contributed by atoms with Gasteiger partial charge in [-0.1, -0.05) is 20.8 Å². The number of hydrogen-bond acceptors (Lipinski definition) is 3. The van der Waals surface area contributed by atoms with Crippen molar-refractivity contribution < 1.29 is 22.6 Å². The first-order chi connectivity index (χ1) is 9.08. The van der Waals surface area contributed by atoms with Crippen molar-refractivity contribution in [1.82, 2.24) is 0 Å². The predicted molar refractivity (Wildman–Crippen MR) is 71.2 cm³/mol. The van der Waals surface area contributed by atoms with E-state index >= 15 is 0 Å². The van der Waals surface area contributed by atoms with Crippen LogP contribution in [0.25, 0.3) is 0 Å². The van der Waals surface area contributed by atoms with Crippen molar-refractivity contribution in [2.45, 2.75) is 58.2 Å². The lowest BCUT2D eigenvalue weighted by Gasteiger charge is -2.43. The SMILES string of the molecule is CC(C)(C)C1CCC(CN)(OCOCC(F)(F)F)CC1. The standard InChI is InChI=1S/C14H26F3NO2/c1-12(2,3)11-4-6-13(8-18,7-5-11)20-10-19-9-14(15,16)17/h11H,4-10,18H2,1-3H3. The molecular weight excluding hydrogens is 271 g/mol. The van der Waals surface area contributed by atoms with Crippen LogP contribution in [0, 0.1) is 11.3 Å². The molecule has 120 valence electrons. The molecule has 0 aromatic carbocycles. The average molecular weight is 297 g/mol. The van der Waals surface area contributed by atoms with Gasteiger partial charge in [0.15, 0.2) is 0 Å². The highest BCUT2D eigenvalue weighted by molar-refractivity contribution is 4.91. The Balaban J connectivity index is 2.39. The molecule has 0 saturated heterocycles. The van der Waals surface area contributed by atoms with Gasteiger partial charge in [0.2, 0.25) is 0 Å². The predicted octanol–water partition coefficient (Wildman–Crippen LogP) is 3.47. The molecule has 1 aliphatic rings. The number of halogens is 3. The van der Waals surface area contributed by atoms with E-state index in [9.17, 15) is 13.2 Å². The maximum atomic E-state index is 12.0. The van der Waals surface area contributed by atoms with Gasteiger partial charge in [0.25, 0.3) is 0 Å². The Hall–Kier alpha value is -0.330. The van der Waals surface area contributed by atoms with Crippen LogP contribution in [0.1, 0.15) is 46.5 Å². The molecule has 1 saturated carbocycles. The lowest BCUT2D eigenvalue weighted by molar-refractivity contribution is -0.220. The van der Waals surface area contributed by atoms with Crippen LogP contribution < -0.4 is 5.73 Å². The van der Waals surface area contributed by atoms with Gasteiger partial charge in [-0.3, -0.25) is 0 Å². The van der Waals surface area contributed by atoms with Crippen LogP contribution in [0.2, 0.25) is 0 Å². The summed E-state index contributed by atoms with van der Waals surface area (Å²) in [5.41, 5.74) is 5.48. The summed E-state index contributed by atoms with van der Waals surface area (Å²) in [4.78, 5) is 0. The number of hydrogen-bond donors (Lipinski definition) is 1. The van der Waals surface area contributed by atoms with E-state index in [0.717, 1.165) is 25.7 Å². The summed E-state index contributed by atoms with van der Waals surface area (Å²) in [6, 6.07) is 0. The molecule has 0 aliphatic heterocycles. The molecule has 0 unspecified atom stereocenters. The third-order valence-electron chi connectivity index (χ3n) is 4.21. The molecule has 3 nitrogen and oxygen atoms in total. The van der Waals surface area contributed by atoms with Gasteiger partial charge in [0.05, 0.1) is 5.60 Å². The number of ether oxygens (including phenoxy) is 2. The van der Waals surface area contributed by atoms with E-state index in [2.05, 4.69) is 25.5 Å². The van der Waals surface area contributed by atoms with Crippen molar-refractivity contribution in [1.29, 1.82) is 0 Å². The molecule has 20 heavy (non-hydrogen) atoms. The smallest absolute Gasteiger partial charge is 0.348 e. The Bertz CT molecular complexity index is 292. The molecule has 0 atom stereocenters. The molecule has 0 amide bonds. The van der Waals surface area contributed by atoms with E-state index in [1.807, 2.05) is 0 Å². The molecular formula is C14H26F3NO2. The van der Waals surface area contributed by atoms with E-state index in [1.165, 1.54) is 0 Å². The first-order valence-corrected chi connectivity index (χ1v) is 7.06. The normalized spacial score (nSPS) is 28.6. The van der Waals surface area contributed by atoms with E-state index in [4.69, 9.17) is 10.5 Å². The molecule has 1 rings (SSSR count). The van der Waals surface area contributed by atoms with Gasteiger partial charge < -0.3 is 15.2 Å². The van der Waals surface area contributed by atoms with Crippen molar-refractivity contribution in [3.63, 3.8) is 0 Å². The zero-order valence-electron chi connectivity index (χ0n) is 12.6. The molecule has 1 fully saturated rings. The quantitative estimate of drug-likeness (QED) is 0.624. The van der Waals surface area contributed by atoms with Crippen LogP contribution in [0.3, 0.4) is 0 Å². The topological polar surface area (TPSA) is 44.5 Å². The molecule has 0 heterocycles. The first kappa shape index (κ1) is 17.7. The molecule has 0 aromatic heterocycles. The summed E-state index contributed by atoms with van der Waals surface area (Å²) in [7, 11) is 0. The van der Waals surface area contributed by atoms with Gasteiger partial charge in [-0.2, -0.15) is 13.2 Å². The Morgan fingerprint density at radius 3 is 2.10 bits per heavy atom. The molecule has 0 bridgehead atoms. The van der Waals surface area contributed by atoms with Gasteiger partial charge in [-0.15, -0.1) is 0 Å². The minimum absolute atomic E-state index is 0.244. The van der Waals surface area contributed by atoms with Crippen LogP contribution in [0.5, 0.6) is 0 Å². The maximum Gasteiger partial charge on any atom is 0.411 e. The lowest BCUT2D eigenvalue weighted by atomic mass is 9.68. The molecule has 0 radical (unpaired) electrons. The third-order valence-corrected chi connectivity index (χ3v) is 4.21. The third kappa shape index (κ3) is 5.58. The van der Waals surface area contributed by atoms with Crippen LogP contribution in [-0.2, 0) is 9.47 Å². The zero-order chi connectivity index (χ0) is 15.4. The second-order valence-electron chi connectivity index (χ2n) is 6.75. The van der Waals surface area contributed by atoms with Crippen molar-refractivity contribution in [3.05, 3.63) is 0 Å². The molecule has 0 aromatic rings. The van der Waals surface area contributed by atoms with E-state index in [0.29, 0.717) is 12.5 Å². The van der Waals surface area contributed by atoms with Gasteiger partial charge in [-0.05, 0) is 37.0 Å². The summed E-state index contributed by atoms with van der Waals surface area (Å²) in [5.74, 6) is 0.599. The number of nitrogens with two attached hydrogens (primary N) is 1. The van der Waals surface area contributed by atoms with E-state index in [-0.39, 0.29) is 12.2 Å². The van der Waals surface area contributed by atoms with Crippen LogP contribution in [-0.4, -0.2) is 31.7 Å². The lowest BCUT2D eigenvalue weighted by Crippen LogP contribution is -2.46. The highest BCUT2D eigenvalue weighted by Gasteiger charge is 2.39. The molecule has 1 aliphatic carbocycles. The van der Waals surface area contributed by atoms with E-state index in [1.54, 1.807) is 0 Å². The Morgan fingerprint density at radius 2 is 1.70 bits per heavy atom. The van der Waals surface area contributed by atoms with Crippen LogP contribution in [0.4, 0.5) is 13.2 Å². The summed E-state index contributed by atoms with van der Waals surface area (Å²) < 4.78 is 46.0. The fraction of sp³-hybridized carbons (Fsp3) is 1.00. The summed E-state index contributed by atoms with van der Waals surface area (Å²) >= 11 is 0. The van der Waals surface area contributed by atoms with Gasteiger partial charge >= 0.3 is 6.18 Å². The van der Waals surface area contributed by atoms with Gasteiger partial charge in [-0.25, -0.2) is 0 Å². The highest BCUT2D eigenvalue weighted by atomic mass is 19.4. The average Bonchev–Trinajstić information content (AvgIpc) is 2.33. The Labute approximate surface area is 119 Å². The maximum absolute atomic E-state index is 12.0. The van der Waals surface area contributed by atoms with Crippen LogP contribution in [0.15, 0.2) is 0 Å². The second kappa shape index (κ2) is 6.62. The van der Waals surface area contributed by atoms with Crippen LogP contribution >= 0.6 is 0 Å². The fourth-order valence-corrected chi connectivity index (χ4v) is 2.74. The highest BCUT2D eigenvalue weighted by Crippen LogP contribution is 2.42. The van der Waals surface area contributed by atoms with Crippen molar-refractivity contribution in [3.8, 4) is 0 Å². The molecule has 2 N–H and O–H groups in total. The second-order valence-corrected chi connectivity index (χ2v) is 6.75. The van der Waals surface area contributed by atoms with Crippen molar-refractivity contribution in [2.24, 2.45) is 17.1 Å². The van der Waals surface area contributed by atoms with E-state index < -0.39 is 18.4 Å². The summed E-state index contributed by atoms with van der Waals surface area (Å²) in [5, 5.41) is 0. The van der Waals surface area contributed by atoms with Crippen molar-refractivity contribution in [2.75, 3.05) is 19.9 Å². The minimum Gasteiger partial charge on any atom is -0.348 e. The minimum atomic E-state index is -4.32. The Morgan fingerprint density at radius 1 is 1.15 bits per heavy atom. The molecule has 6 heteroatoms. The fourth-order valence-electron chi connectivity index (χ4n) is 2.74.